The van der Waals surface area contributed by atoms with Crippen LogP contribution in [0, 0.1) is 11.6 Å². The molecule has 1 N–H and O–H groups in total. The van der Waals surface area contributed by atoms with Crippen LogP contribution in [0.2, 0.25) is 0 Å². The van der Waals surface area contributed by atoms with Crippen molar-refractivity contribution in [3.05, 3.63) is 77.9 Å². The standard InChI is InChI=1S/C26H26F2N2O3/c1-2-9-29-14-23(15-29)33-22-11-19(28)10-20(12-22)30-24-8-7-21(31)13-26(24)32-16-25(30)17-3-5-18(27)6-4-17/h3-8,10-13,23,25,31H,2,9,14-16H2,1H3. The van der Waals surface area contributed by atoms with Crippen LogP contribution in [0.1, 0.15) is 24.9 Å². The number of nitrogens with zero attached hydrogens (tertiary/aromatic N) is 2. The Kier molecular flexibility index (Phi) is 5.81. The normalized spacial score (nSPS) is 18.4. The Bertz CT molecular complexity index is 1130. The van der Waals surface area contributed by atoms with Crippen molar-refractivity contribution in [2.75, 3.05) is 31.1 Å². The Balaban J connectivity index is 1.50. The van der Waals surface area contributed by atoms with Crippen molar-refractivity contribution < 1.29 is 23.4 Å². The number of aromatic hydroxyl groups is 1. The molecular weight excluding hydrogens is 426 g/mol. The van der Waals surface area contributed by atoms with Gasteiger partial charge in [-0.3, -0.25) is 4.90 Å². The number of halogens is 2. The SMILES string of the molecule is CCCN1CC(Oc2cc(F)cc(N3c4ccc(O)cc4OCC3c3ccc(F)cc3)c2)C1. The quantitative estimate of drug-likeness (QED) is 0.542. The molecule has 33 heavy (non-hydrogen) atoms. The highest BCUT2D eigenvalue weighted by Crippen LogP contribution is 2.46. The van der Waals surface area contributed by atoms with Gasteiger partial charge in [0.2, 0.25) is 0 Å². The van der Waals surface area contributed by atoms with Crippen LogP contribution in [-0.2, 0) is 0 Å². The third-order valence-corrected chi connectivity index (χ3v) is 6.07. The van der Waals surface area contributed by atoms with E-state index in [9.17, 15) is 13.9 Å². The minimum Gasteiger partial charge on any atom is -0.508 e. The fourth-order valence-electron chi connectivity index (χ4n) is 4.52. The van der Waals surface area contributed by atoms with E-state index in [-0.39, 0.29) is 30.3 Å². The van der Waals surface area contributed by atoms with Crippen molar-refractivity contribution in [1.82, 2.24) is 4.90 Å². The topological polar surface area (TPSA) is 45.2 Å². The van der Waals surface area contributed by atoms with Crippen molar-refractivity contribution in [2.24, 2.45) is 0 Å². The van der Waals surface area contributed by atoms with E-state index < -0.39 is 5.82 Å². The molecule has 1 saturated heterocycles. The Morgan fingerprint density at radius 3 is 2.55 bits per heavy atom. The number of benzene rings is 3. The first-order valence-electron chi connectivity index (χ1n) is 11.2. The molecule has 0 bridgehead atoms. The summed E-state index contributed by atoms with van der Waals surface area (Å²) < 4.78 is 40.3. The van der Waals surface area contributed by atoms with E-state index in [1.54, 1.807) is 24.3 Å². The van der Waals surface area contributed by atoms with Gasteiger partial charge in [0.1, 0.15) is 41.6 Å². The summed E-state index contributed by atoms with van der Waals surface area (Å²) in [6.45, 7) is 5.09. The van der Waals surface area contributed by atoms with Crippen LogP contribution in [0.5, 0.6) is 17.2 Å². The second kappa shape index (κ2) is 8.90. The van der Waals surface area contributed by atoms with Crippen molar-refractivity contribution >= 4 is 11.4 Å². The first kappa shape index (κ1) is 21.5. The molecule has 172 valence electrons. The Morgan fingerprint density at radius 1 is 1.00 bits per heavy atom. The molecule has 3 aromatic carbocycles. The summed E-state index contributed by atoms with van der Waals surface area (Å²) in [6.07, 6.45) is 1.13. The number of ether oxygens (including phenoxy) is 2. The van der Waals surface area contributed by atoms with Crippen LogP contribution in [0.4, 0.5) is 20.2 Å². The van der Waals surface area contributed by atoms with Gasteiger partial charge in [0.25, 0.3) is 0 Å². The maximum Gasteiger partial charge on any atom is 0.146 e. The first-order chi connectivity index (χ1) is 16.0. The lowest BCUT2D eigenvalue weighted by atomic mass is 10.0. The molecule has 7 heteroatoms. The van der Waals surface area contributed by atoms with E-state index in [2.05, 4.69) is 11.8 Å². The van der Waals surface area contributed by atoms with Crippen LogP contribution in [0.15, 0.2) is 60.7 Å². The van der Waals surface area contributed by atoms with Gasteiger partial charge in [-0.1, -0.05) is 19.1 Å². The van der Waals surface area contributed by atoms with Gasteiger partial charge in [-0.25, -0.2) is 8.78 Å². The lowest BCUT2D eigenvalue weighted by molar-refractivity contribution is 0.0201. The summed E-state index contributed by atoms with van der Waals surface area (Å²) in [5.74, 6) is 0.312. The van der Waals surface area contributed by atoms with E-state index in [4.69, 9.17) is 9.47 Å². The highest BCUT2D eigenvalue weighted by atomic mass is 19.1. The maximum absolute atomic E-state index is 14.7. The molecule has 0 radical (unpaired) electrons. The minimum atomic E-state index is -0.406. The van der Waals surface area contributed by atoms with Crippen LogP contribution < -0.4 is 14.4 Å². The van der Waals surface area contributed by atoms with Crippen molar-refractivity contribution in [2.45, 2.75) is 25.5 Å². The fourth-order valence-corrected chi connectivity index (χ4v) is 4.52. The second-order valence-electron chi connectivity index (χ2n) is 8.54. The molecule has 2 aliphatic rings. The molecule has 5 nitrogen and oxygen atoms in total. The average Bonchev–Trinajstić information content (AvgIpc) is 2.77. The number of phenolic OH excluding ortho intramolecular Hbond substituents is 1. The van der Waals surface area contributed by atoms with E-state index >= 15 is 0 Å². The lowest BCUT2D eigenvalue weighted by Crippen LogP contribution is -2.53. The van der Waals surface area contributed by atoms with Crippen LogP contribution in [0.25, 0.3) is 0 Å². The third kappa shape index (κ3) is 4.46. The third-order valence-electron chi connectivity index (χ3n) is 6.07. The van der Waals surface area contributed by atoms with Gasteiger partial charge < -0.3 is 19.5 Å². The summed E-state index contributed by atoms with van der Waals surface area (Å²) in [5, 5.41) is 9.91. The number of likely N-dealkylation sites (tertiary alicyclic amines) is 1. The molecule has 2 heterocycles. The van der Waals surface area contributed by atoms with Crippen molar-refractivity contribution in [3.63, 3.8) is 0 Å². The van der Waals surface area contributed by atoms with Crippen LogP contribution in [-0.4, -0.2) is 42.4 Å². The maximum atomic E-state index is 14.7. The van der Waals surface area contributed by atoms with Gasteiger partial charge in [0, 0.05) is 37.0 Å². The highest BCUT2D eigenvalue weighted by molar-refractivity contribution is 5.73. The first-order valence-corrected chi connectivity index (χ1v) is 11.2. The van der Waals surface area contributed by atoms with Gasteiger partial charge in [0.15, 0.2) is 0 Å². The van der Waals surface area contributed by atoms with Gasteiger partial charge >= 0.3 is 0 Å². The molecule has 0 aliphatic carbocycles. The molecular formula is C26H26F2N2O3. The predicted octanol–water partition coefficient (Wildman–Crippen LogP) is 5.42. The minimum absolute atomic E-state index is 0.0352. The smallest absolute Gasteiger partial charge is 0.146 e. The van der Waals surface area contributed by atoms with E-state index in [0.717, 1.165) is 31.6 Å². The van der Waals surface area contributed by atoms with Gasteiger partial charge in [-0.2, -0.15) is 0 Å². The van der Waals surface area contributed by atoms with Gasteiger partial charge in [-0.05, 0) is 48.9 Å². The zero-order chi connectivity index (χ0) is 22.9. The molecule has 5 rings (SSSR count). The summed E-state index contributed by atoms with van der Waals surface area (Å²) in [6, 6.07) is 15.4. The molecule has 1 fully saturated rings. The Morgan fingerprint density at radius 2 is 1.79 bits per heavy atom. The summed E-state index contributed by atoms with van der Waals surface area (Å²) >= 11 is 0. The zero-order valence-corrected chi connectivity index (χ0v) is 18.4. The van der Waals surface area contributed by atoms with E-state index in [1.807, 2.05) is 11.0 Å². The Hall–Kier alpha value is -3.32. The van der Waals surface area contributed by atoms with Gasteiger partial charge in [0.05, 0.1) is 11.7 Å². The van der Waals surface area contributed by atoms with Crippen LogP contribution >= 0.6 is 0 Å². The predicted molar refractivity (Wildman–Crippen MR) is 122 cm³/mol. The van der Waals surface area contributed by atoms with E-state index in [0.29, 0.717) is 22.9 Å². The summed E-state index contributed by atoms with van der Waals surface area (Å²) in [7, 11) is 0. The number of fused-ring (bicyclic) bond motifs is 1. The molecule has 0 saturated carbocycles. The number of hydrogen-bond acceptors (Lipinski definition) is 5. The molecule has 3 aromatic rings. The Labute approximate surface area is 191 Å². The van der Waals surface area contributed by atoms with Gasteiger partial charge in [-0.15, -0.1) is 0 Å². The fraction of sp³-hybridized carbons (Fsp3) is 0.308. The number of anilines is 2. The molecule has 0 spiro atoms. The largest absolute Gasteiger partial charge is 0.508 e. The molecule has 2 aliphatic heterocycles. The highest BCUT2D eigenvalue weighted by Gasteiger charge is 2.32. The number of rotatable bonds is 6. The second-order valence-corrected chi connectivity index (χ2v) is 8.54. The van der Waals surface area contributed by atoms with Crippen LogP contribution in [0.3, 0.4) is 0 Å². The monoisotopic (exact) mass is 452 g/mol. The molecule has 0 aromatic heterocycles. The molecule has 0 amide bonds. The molecule has 1 atom stereocenters. The summed E-state index contributed by atoms with van der Waals surface area (Å²) in [4.78, 5) is 4.26. The average molecular weight is 453 g/mol. The zero-order valence-electron chi connectivity index (χ0n) is 18.4. The summed E-state index contributed by atoms with van der Waals surface area (Å²) in [5.41, 5.74) is 2.11. The number of phenols is 1. The van der Waals surface area contributed by atoms with Crippen molar-refractivity contribution in [3.8, 4) is 17.2 Å². The van der Waals surface area contributed by atoms with Crippen molar-refractivity contribution in [1.29, 1.82) is 0 Å². The molecule has 1 unspecified atom stereocenters. The lowest BCUT2D eigenvalue weighted by Gasteiger charge is -2.40. The van der Waals surface area contributed by atoms with E-state index in [1.165, 1.54) is 30.3 Å². The number of hydrogen-bond donors (Lipinski definition) is 1.